The lowest BCUT2D eigenvalue weighted by atomic mass is 9.87. The summed E-state index contributed by atoms with van der Waals surface area (Å²) in [7, 11) is 0. The second-order valence-corrected chi connectivity index (χ2v) is 4.49. The number of hydrogen-bond acceptors (Lipinski definition) is 1. The van der Waals surface area contributed by atoms with Crippen LogP contribution in [0.5, 0.6) is 0 Å². The van der Waals surface area contributed by atoms with E-state index in [9.17, 15) is 0 Å². The van der Waals surface area contributed by atoms with E-state index >= 15 is 0 Å². The van der Waals surface area contributed by atoms with Gasteiger partial charge in [0.2, 0.25) is 0 Å². The molecular weight excluding hydrogens is 158 g/mol. The van der Waals surface area contributed by atoms with E-state index in [2.05, 4.69) is 27.7 Å². The zero-order valence-electron chi connectivity index (χ0n) is 9.84. The van der Waals surface area contributed by atoms with Gasteiger partial charge in [0.25, 0.3) is 0 Å². The molecule has 1 nitrogen and oxygen atoms in total. The minimum atomic E-state index is 0.427. The Morgan fingerprint density at radius 2 is 1.46 bits per heavy atom. The van der Waals surface area contributed by atoms with Crippen LogP contribution in [0.15, 0.2) is 0 Å². The van der Waals surface area contributed by atoms with Crippen LogP contribution in [-0.2, 0) is 0 Å². The summed E-state index contributed by atoms with van der Waals surface area (Å²) in [5.41, 5.74) is 5.90. The van der Waals surface area contributed by atoms with Crippen molar-refractivity contribution < 1.29 is 0 Å². The molecule has 1 heteroatoms. The molecule has 0 aromatic rings. The van der Waals surface area contributed by atoms with Gasteiger partial charge in [0.1, 0.15) is 0 Å². The van der Waals surface area contributed by atoms with Crippen LogP contribution in [0.2, 0.25) is 0 Å². The van der Waals surface area contributed by atoms with Crippen LogP contribution in [0.25, 0.3) is 0 Å². The number of hydrogen-bond donors (Lipinski definition) is 1. The summed E-state index contributed by atoms with van der Waals surface area (Å²) in [6.45, 7) is 9.17. The van der Waals surface area contributed by atoms with Crippen LogP contribution in [0.4, 0.5) is 0 Å². The Labute approximate surface area is 84.1 Å². The molecule has 0 rings (SSSR count). The van der Waals surface area contributed by atoms with Crippen molar-refractivity contribution in [3.63, 3.8) is 0 Å². The molecule has 0 saturated carbocycles. The lowest BCUT2D eigenvalue weighted by molar-refractivity contribution is 0.324. The quantitative estimate of drug-likeness (QED) is 0.644. The Morgan fingerprint density at radius 1 is 0.923 bits per heavy atom. The first kappa shape index (κ1) is 13.0. The van der Waals surface area contributed by atoms with Gasteiger partial charge >= 0.3 is 0 Å². The molecule has 0 fully saturated rings. The average molecular weight is 185 g/mol. The summed E-state index contributed by atoms with van der Waals surface area (Å²) >= 11 is 0. The van der Waals surface area contributed by atoms with Crippen LogP contribution in [0.3, 0.4) is 0 Å². The standard InChI is InChI=1S/C12H27N/c1-5-7-10(3)11(4)8-9-12(13)6-2/h10-12H,5-9,13H2,1-4H3. The predicted molar refractivity (Wildman–Crippen MR) is 60.7 cm³/mol. The summed E-state index contributed by atoms with van der Waals surface area (Å²) in [5.74, 6) is 1.71. The smallest absolute Gasteiger partial charge is 0.00363 e. The Hall–Kier alpha value is -0.0400. The third-order valence-corrected chi connectivity index (χ3v) is 3.23. The minimum absolute atomic E-state index is 0.427. The molecule has 0 heterocycles. The molecule has 0 saturated heterocycles. The summed E-state index contributed by atoms with van der Waals surface area (Å²) in [4.78, 5) is 0. The minimum Gasteiger partial charge on any atom is -0.328 e. The van der Waals surface area contributed by atoms with Gasteiger partial charge < -0.3 is 5.73 Å². The maximum Gasteiger partial charge on any atom is 0.00363 e. The van der Waals surface area contributed by atoms with Gasteiger partial charge in [-0.3, -0.25) is 0 Å². The van der Waals surface area contributed by atoms with Crippen molar-refractivity contribution in [2.75, 3.05) is 0 Å². The van der Waals surface area contributed by atoms with Crippen LogP contribution in [0.1, 0.15) is 59.8 Å². The van der Waals surface area contributed by atoms with Gasteiger partial charge in [0.05, 0.1) is 0 Å². The zero-order chi connectivity index (χ0) is 10.3. The third kappa shape index (κ3) is 6.09. The van der Waals surface area contributed by atoms with E-state index in [1.54, 1.807) is 0 Å². The van der Waals surface area contributed by atoms with Crippen molar-refractivity contribution >= 4 is 0 Å². The van der Waals surface area contributed by atoms with Crippen LogP contribution < -0.4 is 5.73 Å². The molecule has 0 bridgehead atoms. The van der Waals surface area contributed by atoms with Gasteiger partial charge in [0, 0.05) is 6.04 Å². The van der Waals surface area contributed by atoms with Gasteiger partial charge in [-0.15, -0.1) is 0 Å². The Morgan fingerprint density at radius 3 is 1.92 bits per heavy atom. The lowest BCUT2D eigenvalue weighted by Crippen LogP contribution is -2.20. The summed E-state index contributed by atoms with van der Waals surface area (Å²) in [5, 5.41) is 0. The monoisotopic (exact) mass is 185 g/mol. The molecular formula is C12H27N. The molecule has 0 spiro atoms. The highest BCUT2D eigenvalue weighted by Crippen LogP contribution is 2.21. The van der Waals surface area contributed by atoms with Crippen LogP contribution in [-0.4, -0.2) is 6.04 Å². The van der Waals surface area contributed by atoms with E-state index < -0.39 is 0 Å². The highest BCUT2D eigenvalue weighted by Gasteiger charge is 2.12. The molecule has 0 radical (unpaired) electrons. The lowest BCUT2D eigenvalue weighted by Gasteiger charge is -2.20. The molecule has 3 atom stereocenters. The molecule has 0 aromatic carbocycles. The molecule has 0 aliphatic carbocycles. The van der Waals surface area contributed by atoms with E-state index in [1.165, 1.54) is 25.7 Å². The predicted octanol–water partition coefficient (Wildman–Crippen LogP) is 3.58. The van der Waals surface area contributed by atoms with Gasteiger partial charge in [-0.1, -0.05) is 40.5 Å². The summed E-state index contributed by atoms with van der Waals surface area (Å²) < 4.78 is 0. The van der Waals surface area contributed by atoms with Crippen molar-refractivity contribution in [3.05, 3.63) is 0 Å². The second-order valence-electron chi connectivity index (χ2n) is 4.49. The van der Waals surface area contributed by atoms with Crippen molar-refractivity contribution in [2.45, 2.75) is 65.8 Å². The van der Waals surface area contributed by atoms with Gasteiger partial charge in [-0.05, 0) is 31.1 Å². The first-order valence-corrected chi connectivity index (χ1v) is 5.87. The first-order chi connectivity index (χ1) is 6.11. The molecule has 2 N–H and O–H groups in total. The molecule has 0 amide bonds. The molecule has 0 aliphatic rings. The first-order valence-electron chi connectivity index (χ1n) is 5.87. The number of nitrogens with two attached hydrogens (primary N) is 1. The molecule has 0 aliphatic heterocycles. The Bertz CT molecular complexity index is 112. The van der Waals surface area contributed by atoms with Crippen LogP contribution >= 0.6 is 0 Å². The molecule has 0 aromatic heterocycles. The second kappa shape index (κ2) is 7.37. The number of rotatable bonds is 7. The molecule has 3 unspecified atom stereocenters. The van der Waals surface area contributed by atoms with E-state index in [4.69, 9.17) is 5.73 Å². The average Bonchev–Trinajstić information content (AvgIpc) is 2.13. The van der Waals surface area contributed by atoms with Gasteiger partial charge in [-0.25, -0.2) is 0 Å². The summed E-state index contributed by atoms with van der Waals surface area (Å²) in [6, 6.07) is 0.427. The fourth-order valence-electron chi connectivity index (χ4n) is 1.71. The maximum atomic E-state index is 5.90. The van der Waals surface area contributed by atoms with Crippen molar-refractivity contribution in [3.8, 4) is 0 Å². The highest BCUT2D eigenvalue weighted by molar-refractivity contribution is 4.66. The van der Waals surface area contributed by atoms with Crippen molar-refractivity contribution in [1.29, 1.82) is 0 Å². The normalized spacial score (nSPS) is 18.2. The molecule has 80 valence electrons. The zero-order valence-corrected chi connectivity index (χ0v) is 9.84. The van der Waals surface area contributed by atoms with E-state index in [1.807, 2.05) is 0 Å². The van der Waals surface area contributed by atoms with E-state index in [0.29, 0.717) is 6.04 Å². The fourth-order valence-corrected chi connectivity index (χ4v) is 1.71. The molecule has 13 heavy (non-hydrogen) atoms. The van der Waals surface area contributed by atoms with Gasteiger partial charge in [0.15, 0.2) is 0 Å². The maximum absolute atomic E-state index is 5.90. The van der Waals surface area contributed by atoms with Crippen molar-refractivity contribution in [2.24, 2.45) is 17.6 Å². The van der Waals surface area contributed by atoms with Crippen molar-refractivity contribution in [1.82, 2.24) is 0 Å². The van der Waals surface area contributed by atoms with Crippen LogP contribution in [0, 0.1) is 11.8 Å². The third-order valence-electron chi connectivity index (χ3n) is 3.23. The van der Waals surface area contributed by atoms with E-state index in [0.717, 1.165) is 18.3 Å². The SMILES string of the molecule is CCCC(C)C(C)CCC(N)CC. The van der Waals surface area contributed by atoms with Gasteiger partial charge in [-0.2, -0.15) is 0 Å². The highest BCUT2D eigenvalue weighted by atomic mass is 14.6. The summed E-state index contributed by atoms with van der Waals surface area (Å²) in [6.07, 6.45) is 6.30. The largest absolute Gasteiger partial charge is 0.328 e. The Balaban J connectivity index is 3.54. The topological polar surface area (TPSA) is 26.0 Å². The Kier molecular flexibility index (Phi) is 7.35. The fraction of sp³-hybridized carbons (Fsp3) is 1.00. The van der Waals surface area contributed by atoms with E-state index in [-0.39, 0.29) is 0 Å².